The van der Waals surface area contributed by atoms with Gasteiger partial charge in [0.25, 0.3) is 10.1 Å². The van der Waals surface area contributed by atoms with Gasteiger partial charge < -0.3 is 11.5 Å². The van der Waals surface area contributed by atoms with E-state index in [9.17, 15) is 13.2 Å². The van der Waals surface area contributed by atoms with Gasteiger partial charge >= 0.3 is 0 Å². The first-order chi connectivity index (χ1) is 5.33. The highest BCUT2D eigenvalue weighted by molar-refractivity contribution is 7.85. The minimum Gasteiger partial charge on any atom is -0.366 e. The Morgan fingerprint density at radius 3 is 1.92 bits per heavy atom. The molecule has 0 aliphatic carbocycles. The molecule has 0 rings (SSSR count). The van der Waals surface area contributed by atoms with Crippen LogP contribution in [0.5, 0.6) is 0 Å². The fourth-order valence-electron chi connectivity index (χ4n) is 0.149. The van der Waals surface area contributed by atoms with Crippen LogP contribution in [-0.4, -0.2) is 31.2 Å². The van der Waals surface area contributed by atoms with Gasteiger partial charge in [-0.2, -0.15) is 8.42 Å². The number of carbonyl (C=O) groups excluding carboxylic acids is 1. The van der Waals surface area contributed by atoms with E-state index in [1.54, 1.807) is 0 Å². The molecule has 0 radical (unpaired) electrons. The van der Waals surface area contributed by atoms with Crippen LogP contribution in [0.2, 0.25) is 0 Å². The highest BCUT2D eigenvalue weighted by Gasteiger charge is 1.98. The number of hydrogen-bond donors (Lipinski definition) is 3. The number of primary amides is 1. The minimum atomic E-state index is -3.80. The Morgan fingerprint density at radius 1 is 1.58 bits per heavy atom. The third-order valence-corrected chi connectivity index (χ3v) is 1.33. The second-order valence-corrected chi connectivity index (χ2v) is 3.25. The number of carbonyl (C=O) groups is 1. The van der Waals surface area contributed by atoms with Gasteiger partial charge in [-0.1, -0.05) is 6.58 Å². The smallest absolute Gasteiger partial charge is 0.266 e. The van der Waals surface area contributed by atoms with Gasteiger partial charge in [-0.25, -0.2) is 0 Å². The van der Waals surface area contributed by atoms with Crippen molar-refractivity contribution in [1.82, 2.24) is 0 Å². The molecule has 0 atom stereocenters. The van der Waals surface area contributed by atoms with Crippen molar-refractivity contribution in [3.05, 3.63) is 12.7 Å². The lowest BCUT2D eigenvalue weighted by Crippen LogP contribution is -2.13. The zero-order valence-electron chi connectivity index (χ0n) is 6.43. The van der Waals surface area contributed by atoms with Crippen molar-refractivity contribution < 1.29 is 17.8 Å². The van der Waals surface area contributed by atoms with Crippen LogP contribution in [0.3, 0.4) is 0 Å². The van der Waals surface area contributed by atoms with Crippen LogP contribution in [0.4, 0.5) is 0 Å². The molecule has 0 bridgehead atoms. The molecule has 0 aliphatic heterocycles. The molecule has 12 heavy (non-hydrogen) atoms. The molecule has 0 aromatic rings. The summed E-state index contributed by atoms with van der Waals surface area (Å²) >= 11 is 0. The van der Waals surface area contributed by atoms with Crippen molar-refractivity contribution in [3.8, 4) is 0 Å². The highest BCUT2D eigenvalue weighted by atomic mass is 32.2. The normalized spacial score (nSPS) is 9.50. The molecule has 6 nitrogen and oxygen atoms in total. The third-order valence-electron chi connectivity index (χ3n) is 0.577. The van der Waals surface area contributed by atoms with Gasteiger partial charge in [0.05, 0.1) is 5.75 Å². The average molecular weight is 196 g/mol. The quantitative estimate of drug-likeness (QED) is 0.374. The number of amides is 1. The minimum absolute atomic E-state index is 0.0289. The first-order valence-corrected chi connectivity index (χ1v) is 4.51. The van der Waals surface area contributed by atoms with Gasteiger partial charge in [-0.15, -0.1) is 0 Å². The molecular formula is C5H12N2O4S. The first kappa shape index (κ1) is 13.7. The van der Waals surface area contributed by atoms with E-state index in [0.717, 1.165) is 6.08 Å². The molecule has 0 aromatic carbocycles. The van der Waals surface area contributed by atoms with Crippen molar-refractivity contribution in [2.75, 3.05) is 12.3 Å². The topological polar surface area (TPSA) is 123 Å². The summed E-state index contributed by atoms with van der Waals surface area (Å²) in [5.41, 5.74) is 9.31. The van der Waals surface area contributed by atoms with E-state index in [1.807, 2.05) is 0 Å². The molecule has 0 aliphatic rings. The predicted octanol–water partition coefficient (Wildman–Crippen LogP) is -1.51. The molecule has 7 heteroatoms. The van der Waals surface area contributed by atoms with Crippen molar-refractivity contribution in [1.29, 1.82) is 0 Å². The molecule has 0 saturated heterocycles. The average Bonchev–Trinajstić information content (AvgIpc) is 1.86. The van der Waals surface area contributed by atoms with E-state index in [1.165, 1.54) is 0 Å². The maximum absolute atomic E-state index is 9.71. The standard InChI is InChI=1S/C3H5NO.C2H7NO3S/c1-2-3(4)5;3-1-2-7(4,5)6/h2H,1H2,(H2,4,5);1-3H2,(H,4,5,6). The van der Waals surface area contributed by atoms with Crippen molar-refractivity contribution >= 4 is 16.0 Å². The Balaban J connectivity index is 0. The van der Waals surface area contributed by atoms with Crippen LogP contribution in [0, 0.1) is 0 Å². The number of hydrogen-bond acceptors (Lipinski definition) is 4. The summed E-state index contributed by atoms with van der Waals surface area (Å²) in [4.78, 5) is 9.47. The van der Waals surface area contributed by atoms with Crippen LogP contribution in [0.25, 0.3) is 0 Å². The van der Waals surface area contributed by atoms with Gasteiger partial charge in [0.15, 0.2) is 0 Å². The van der Waals surface area contributed by atoms with Gasteiger partial charge in [0, 0.05) is 6.54 Å². The Labute approximate surface area is 71.0 Å². The fraction of sp³-hybridized carbons (Fsp3) is 0.400. The van der Waals surface area contributed by atoms with E-state index < -0.39 is 16.0 Å². The van der Waals surface area contributed by atoms with Crippen LogP contribution in [0.15, 0.2) is 12.7 Å². The lowest BCUT2D eigenvalue weighted by atomic mass is 10.6. The van der Waals surface area contributed by atoms with E-state index in [0.29, 0.717) is 0 Å². The summed E-state index contributed by atoms with van der Waals surface area (Å²) in [6.07, 6.45) is 1.06. The largest absolute Gasteiger partial charge is 0.366 e. The molecule has 1 amide bonds. The van der Waals surface area contributed by atoms with Gasteiger partial charge in [-0.3, -0.25) is 9.35 Å². The molecule has 0 fully saturated rings. The summed E-state index contributed by atoms with van der Waals surface area (Å²) < 4.78 is 27.3. The maximum atomic E-state index is 9.71. The van der Waals surface area contributed by atoms with Gasteiger partial charge in [0.1, 0.15) is 0 Å². The maximum Gasteiger partial charge on any atom is 0.266 e. The Bertz CT molecular complexity index is 234. The Hall–Kier alpha value is -0.920. The Morgan fingerprint density at radius 2 is 1.92 bits per heavy atom. The molecule has 0 unspecified atom stereocenters. The Kier molecular flexibility index (Phi) is 7.70. The summed E-state index contributed by atoms with van der Waals surface area (Å²) in [6, 6.07) is 0. The van der Waals surface area contributed by atoms with E-state index in [-0.39, 0.29) is 12.3 Å². The third kappa shape index (κ3) is 23.0. The molecule has 0 spiro atoms. The molecule has 72 valence electrons. The van der Waals surface area contributed by atoms with E-state index in [2.05, 4.69) is 12.3 Å². The van der Waals surface area contributed by atoms with Crippen molar-refractivity contribution in [2.24, 2.45) is 11.5 Å². The first-order valence-electron chi connectivity index (χ1n) is 2.90. The molecular weight excluding hydrogens is 184 g/mol. The van der Waals surface area contributed by atoms with Crippen LogP contribution < -0.4 is 11.5 Å². The zero-order valence-corrected chi connectivity index (χ0v) is 7.25. The summed E-state index contributed by atoms with van der Waals surface area (Å²) in [6.45, 7) is 3.06. The number of nitrogens with two attached hydrogens (primary N) is 2. The molecule has 0 heterocycles. The fourth-order valence-corrected chi connectivity index (χ4v) is 0.447. The highest BCUT2D eigenvalue weighted by Crippen LogP contribution is 1.74. The van der Waals surface area contributed by atoms with Crippen molar-refractivity contribution in [3.63, 3.8) is 0 Å². The summed E-state index contributed by atoms with van der Waals surface area (Å²) in [5, 5.41) is 0. The monoisotopic (exact) mass is 196 g/mol. The van der Waals surface area contributed by atoms with Gasteiger partial charge in [0.2, 0.25) is 5.91 Å². The number of rotatable bonds is 3. The zero-order chi connectivity index (χ0) is 10.2. The second kappa shape index (κ2) is 6.77. The summed E-state index contributed by atoms with van der Waals surface area (Å²) in [7, 11) is -3.80. The SMILES string of the molecule is C=CC(N)=O.NCCS(=O)(=O)O. The predicted molar refractivity (Wildman–Crippen MR) is 44.9 cm³/mol. The van der Waals surface area contributed by atoms with E-state index >= 15 is 0 Å². The van der Waals surface area contributed by atoms with E-state index in [4.69, 9.17) is 10.3 Å². The molecule has 0 saturated carbocycles. The van der Waals surface area contributed by atoms with Crippen molar-refractivity contribution in [2.45, 2.75) is 0 Å². The summed E-state index contributed by atoms with van der Waals surface area (Å²) in [5.74, 6) is -0.836. The van der Waals surface area contributed by atoms with Gasteiger partial charge in [-0.05, 0) is 6.08 Å². The lowest BCUT2D eigenvalue weighted by Gasteiger charge is -1.86. The second-order valence-electron chi connectivity index (χ2n) is 1.68. The van der Waals surface area contributed by atoms with Crippen LogP contribution in [-0.2, 0) is 14.9 Å². The molecule has 5 N–H and O–H groups in total. The lowest BCUT2D eigenvalue weighted by molar-refractivity contribution is -0.113. The molecule has 0 aromatic heterocycles. The van der Waals surface area contributed by atoms with Crippen LogP contribution in [0.1, 0.15) is 0 Å². The van der Waals surface area contributed by atoms with Crippen LogP contribution >= 0.6 is 0 Å².